The number of H-pyrrole nitrogens is 1. The van der Waals surface area contributed by atoms with E-state index in [-0.39, 0.29) is 5.69 Å². The van der Waals surface area contributed by atoms with Crippen LogP contribution in [0.25, 0.3) is 0 Å². The fourth-order valence-electron chi connectivity index (χ4n) is 2.45. The number of rotatable bonds is 7. The lowest BCUT2D eigenvalue weighted by atomic mass is 10.2. The van der Waals surface area contributed by atoms with Crippen molar-refractivity contribution < 1.29 is 19.1 Å². The second kappa shape index (κ2) is 9.32. The molecule has 1 amide bonds. The van der Waals surface area contributed by atoms with Gasteiger partial charge in [0.25, 0.3) is 5.91 Å². The first kappa shape index (κ1) is 19.8. The summed E-state index contributed by atoms with van der Waals surface area (Å²) in [6.45, 7) is 4.02. The van der Waals surface area contributed by atoms with E-state index in [1.807, 2.05) is 13.0 Å². The van der Waals surface area contributed by atoms with Crippen molar-refractivity contribution in [3.05, 3.63) is 77.1 Å². The van der Waals surface area contributed by atoms with Crippen LogP contribution in [0.4, 0.5) is 0 Å². The van der Waals surface area contributed by atoms with E-state index >= 15 is 0 Å². The van der Waals surface area contributed by atoms with Gasteiger partial charge in [0.05, 0.1) is 18.4 Å². The molecular weight excluding hydrogens is 372 g/mol. The van der Waals surface area contributed by atoms with Crippen molar-refractivity contribution in [2.45, 2.75) is 13.8 Å². The van der Waals surface area contributed by atoms with E-state index in [0.29, 0.717) is 29.2 Å². The minimum Gasteiger partial charge on any atom is -0.490 e. The standard InChI is InChI=1S/C21H20N4O4/c1-3-28-19-12-15(13-22-25-20(26)17-11-14(2)23-24-17)9-10-18(19)29-21(27)16-7-5-4-6-8-16/h4-13H,3H2,1-2H3,(H,23,24)(H,25,26). The molecular formula is C21H20N4O4. The summed E-state index contributed by atoms with van der Waals surface area (Å²) in [5, 5.41) is 10.5. The van der Waals surface area contributed by atoms with Gasteiger partial charge in [-0.25, -0.2) is 10.2 Å². The molecule has 148 valence electrons. The van der Waals surface area contributed by atoms with E-state index < -0.39 is 11.9 Å². The zero-order valence-electron chi connectivity index (χ0n) is 16.0. The molecule has 0 aliphatic heterocycles. The highest BCUT2D eigenvalue weighted by molar-refractivity contribution is 5.93. The Hall–Kier alpha value is -3.94. The average Bonchev–Trinajstić information content (AvgIpc) is 3.17. The Bertz CT molecular complexity index is 1030. The first-order valence-electron chi connectivity index (χ1n) is 8.96. The summed E-state index contributed by atoms with van der Waals surface area (Å²) in [4.78, 5) is 24.2. The van der Waals surface area contributed by atoms with Crippen molar-refractivity contribution in [2.24, 2.45) is 5.10 Å². The highest BCUT2D eigenvalue weighted by Crippen LogP contribution is 2.28. The van der Waals surface area contributed by atoms with Gasteiger partial charge in [0.2, 0.25) is 0 Å². The van der Waals surface area contributed by atoms with Crippen LogP contribution >= 0.6 is 0 Å². The minimum absolute atomic E-state index is 0.248. The fourth-order valence-corrected chi connectivity index (χ4v) is 2.45. The van der Waals surface area contributed by atoms with Crippen molar-refractivity contribution in [3.63, 3.8) is 0 Å². The van der Waals surface area contributed by atoms with Crippen LogP contribution in [-0.2, 0) is 0 Å². The van der Waals surface area contributed by atoms with Gasteiger partial charge in [0.15, 0.2) is 17.2 Å². The number of carbonyl (C=O) groups is 2. The zero-order chi connectivity index (χ0) is 20.6. The molecule has 0 atom stereocenters. The molecule has 8 nitrogen and oxygen atoms in total. The van der Waals surface area contributed by atoms with E-state index in [2.05, 4.69) is 20.7 Å². The lowest BCUT2D eigenvalue weighted by molar-refractivity contribution is 0.0728. The van der Waals surface area contributed by atoms with Gasteiger partial charge in [-0.1, -0.05) is 18.2 Å². The summed E-state index contributed by atoms with van der Waals surface area (Å²) >= 11 is 0. The van der Waals surface area contributed by atoms with Crippen LogP contribution in [0.1, 0.15) is 39.0 Å². The number of hydrazone groups is 1. The maximum Gasteiger partial charge on any atom is 0.343 e. The lowest BCUT2D eigenvalue weighted by Crippen LogP contribution is -2.18. The number of hydrogen-bond donors (Lipinski definition) is 2. The molecule has 29 heavy (non-hydrogen) atoms. The summed E-state index contributed by atoms with van der Waals surface area (Å²) < 4.78 is 11.0. The van der Waals surface area contributed by atoms with Gasteiger partial charge in [0, 0.05) is 5.69 Å². The van der Waals surface area contributed by atoms with Crippen LogP contribution in [0.2, 0.25) is 0 Å². The molecule has 2 aromatic carbocycles. The Morgan fingerprint density at radius 1 is 1.14 bits per heavy atom. The van der Waals surface area contributed by atoms with Crippen molar-refractivity contribution in [2.75, 3.05) is 6.61 Å². The number of ether oxygens (including phenoxy) is 2. The van der Waals surface area contributed by atoms with Crippen molar-refractivity contribution in [1.29, 1.82) is 0 Å². The van der Waals surface area contributed by atoms with Gasteiger partial charge in [-0.05, 0) is 55.8 Å². The van der Waals surface area contributed by atoms with E-state index in [1.165, 1.54) is 6.21 Å². The number of nitrogens with zero attached hydrogens (tertiary/aromatic N) is 2. The second-order valence-corrected chi connectivity index (χ2v) is 6.03. The monoisotopic (exact) mass is 392 g/mol. The lowest BCUT2D eigenvalue weighted by Gasteiger charge is -2.11. The third kappa shape index (κ3) is 5.29. The summed E-state index contributed by atoms with van der Waals surface area (Å²) in [7, 11) is 0. The van der Waals surface area contributed by atoms with Crippen LogP contribution in [0.15, 0.2) is 59.7 Å². The van der Waals surface area contributed by atoms with Crippen LogP contribution in [0, 0.1) is 6.92 Å². The van der Waals surface area contributed by atoms with Gasteiger partial charge in [-0.15, -0.1) is 0 Å². The van der Waals surface area contributed by atoms with Crippen molar-refractivity contribution in [1.82, 2.24) is 15.6 Å². The number of hydrogen-bond acceptors (Lipinski definition) is 6. The van der Waals surface area contributed by atoms with Crippen LogP contribution in [0.3, 0.4) is 0 Å². The fraction of sp³-hybridized carbons (Fsp3) is 0.143. The Kier molecular flexibility index (Phi) is 6.36. The van der Waals surface area contributed by atoms with E-state index in [4.69, 9.17) is 9.47 Å². The SMILES string of the molecule is CCOc1cc(C=NNC(=O)c2cc(C)[nH]n2)ccc1OC(=O)c1ccccc1. The third-order valence-corrected chi connectivity index (χ3v) is 3.80. The van der Waals surface area contributed by atoms with Crippen molar-refractivity contribution >= 4 is 18.1 Å². The molecule has 0 unspecified atom stereocenters. The summed E-state index contributed by atoms with van der Waals surface area (Å²) in [5.74, 6) is -0.206. The quantitative estimate of drug-likeness (QED) is 0.278. The maximum absolute atomic E-state index is 12.3. The summed E-state index contributed by atoms with van der Waals surface area (Å²) in [5.41, 5.74) is 4.53. The van der Waals surface area contributed by atoms with Gasteiger partial charge < -0.3 is 9.47 Å². The predicted octanol–water partition coefficient (Wildman–Crippen LogP) is 3.10. The molecule has 0 radical (unpaired) electrons. The highest BCUT2D eigenvalue weighted by atomic mass is 16.6. The molecule has 3 aromatic rings. The number of benzene rings is 2. The number of carbonyl (C=O) groups excluding carboxylic acids is 2. The third-order valence-electron chi connectivity index (χ3n) is 3.80. The smallest absolute Gasteiger partial charge is 0.343 e. The molecule has 0 saturated heterocycles. The van der Waals surface area contributed by atoms with Crippen LogP contribution in [-0.4, -0.2) is 34.9 Å². The van der Waals surface area contributed by atoms with E-state index in [0.717, 1.165) is 5.69 Å². The van der Waals surface area contributed by atoms with Gasteiger partial charge in [-0.2, -0.15) is 10.2 Å². The average molecular weight is 392 g/mol. The Morgan fingerprint density at radius 3 is 2.62 bits per heavy atom. The molecule has 0 aliphatic carbocycles. The molecule has 1 aromatic heterocycles. The van der Waals surface area contributed by atoms with E-state index in [1.54, 1.807) is 55.5 Å². The molecule has 0 aliphatic rings. The largest absolute Gasteiger partial charge is 0.490 e. The zero-order valence-corrected chi connectivity index (χ0v) is 16.0. The molecule has 8 heteroatoms. The topological polar surface area (TPSA) is 106 Å². The summed E-state index contributed by atoms with van der Waals surface area (Å²) in [6, 6.07) is 15.3. The number of amides is 1. The molecule has 0 saturated carbocycles. The molecule has 2 N–H and O–H groups in total. The van der Waals surface area contributed by atoms with Crippen LogP contribution in [0.5, 0.6) is 11.5 Å². The first-order chi connectivity index (χ1) is 14.1. The number of aromatic amines is 1. The highest BCUT2D eigenvalue weighted by Gasteiger charge is 2.13. The van der Waals surface area contributed by atoms with Crippen molar-refractivity contribution in [3.8, 4) is 11.5 Å². The van der Waals surface area contributed by atoms with Gasteiger partial charge in [0.1, 0.15) is 0 Å². The number of esters is 1. The number of aromatic nitrogens is 2. The first-order valence-corrected chi connectivity index (χ1v) is 8.96. The number of nitrogens with one attached hydrogen (secondary N) is 2. The predicted molar refractivity (Wildman–Crippen MR) is 107 cm³/mol. The molecule has 0 fully saturated rings. The minimum atomic E-state index is -0.477. The van der Waals surface area contributed by atoms with Gasteiger partial charge >= 0.3 is 5.97 Å². The molecule has 1 heterocycles. The Balaban J connectivity index is 1.70. The molecule has 0 spiro atoms. The van der Waals surface area contributed by atoms with E-state index in [9.17, 15) is 9.59 Å². The number of aryl methyl sites for hydroxylation is 1. The Labute approximate surface area is 167 Å². The summed E-state index contributed by atoms with van der Waals surface area (Å²) in [6.07, 6.45) is 1.46. The van der Waals surface area contributed by atoms with Crippen LogP contribution < -0.4 is 14.9 Å². The molecule has 0 bridgehead atoms. The maximum atomic E-state index is 12.3. The van der Waals surface area contributed by atoms with Gasteiger partial charge in [-0.3, -0.25) is 9.89 Å². The molecule has 3 rings (SSSR count). The normalized spacial score (nSPS) is 10.7. The second-order valence-electron chi connectivity index (χ2n) is 6.03. The Morgan fingerprint density at radius 2 is 1.93 bits per heavy atom.